The molecule has 1 N–H and O–H groups in total. The number of aromatic nitrogens is 1. The van der Waals surface area contributed by atoms with Crippen molar-refractivity contribution in [2.45, 2.75) is 6.17 Å². The van der Waals surface area contributed by atoms with Crippen molar-refractivity contribution in [3.63, 3.8) is 0 Å². The number of nitrogens with zero attached hydrogens (tertiary/aromatic N) is 3. The zero-order valence-corrected chi connectivity index (χ0v) is 25.4. The Morgan fingerprint density at radius 1 is 0.500 bits per heavy atom. The van der Waals surface area contributed by atoms with Crippen molar-refractivity contribution in [1.82, 2.24) is 10.3 Å². The molecule has 9 aromatic rings. The van der Waals surface area contributed by atoms with Crippen molar-refractivity contribution in [3.05, 3.63) is 150 Å². The SMILES string of the molecule is c1ccc2c(c1)-c1cccc3cc(C4=NC(c5cccc6oc7ccccc7c56)N=C(c5cccc6oc7ccncc7c56)N4)cc-2c13. The first-order valence-corrected chi connectivity index (χ1v) is 16.0. The van der Waals surface area contributed by atoms with Crippen LogP contribution in [0.2, 0.25) is 0 Å². The summed E-state index contributed by atoms with van der Waals surface area (Å²) in [5.41, 5.74) is 11.1. The molecule has 6 heteroatoms. The highest BCUT2D eigenvalue weighted by Gasteiger charge is 2.28. The largest absolute Gasteiger partial charge is 0.456 e. The molecular formula is C42H24N4O2. The predicted molar refractivity (Wildman–Crippen MR) is 193 cm³/mol. The minimum atomic E-state index is -0.532. The Morgan fingerprint density at radius 2 is 1.19 bits per heavy atom. The fraction of sp³-hybridized carbons (Fsp3) is 0.0238. The average molecular weight is 617 g/mol. The number of aliphatic imine (C=N–C) groups is 2. The maximum Gasteiger partial charge on any atom is 0.170 e. The average Bonchev–Trinajstić information content (AvgIpc) is 3.82. The fourth-order valence-electron chi connectivity index (χ4n) is 7.71. The van der Waals surface area contributed by atoms with Gasteiger partial charge in [-0.2, -0.15) is 0 Å². The normalized spacial score (nSPS) is 15.3. The first-order valence-electron chi connectivity index (χ1n) is 16.0. The minimum absolute atomic E-state index is 0.532. The molecule has 0 saturated heterocycles. The summed E-state index contributed by atoms with van der Waals surface area (Å²) >= 11 is 0. The van der Waals surface area contributed by atoms with E-state index in [0.29, 0.717) is 0 Å². The Morgan fingerprint density at radius 3 is 2.10 bits per heavy atom. The van der Waals surface area contributed by atoms with Crippen LogP contribution in [0.25, 0.3) is 76.9 Å². The molecule has 6 aromatic carbocycles. The molecule has 0 saturated carbocycles. The molecule has 224 valence electrons. The topological polar surface area (TPSA) is 75.9 Å². The third kappa shape index (κ3) is 3.54. The molecule has 3 aromatic heterocycles. The molecule has 0 bridgehead atoms. The second-order valence-corrected chi connectivity index (χ2v) is 12.4. The molecular weight excluding hydrogens is 592 g/mol. The molecule has 0 fully saturated rings. The van der Waals surface area contributed by atoms with Crippen molar-refractivity contribution in [3.8, 4) is 22.3 Å². The van der Waals surface area contributed by atoms with Gasteiger partial charge in [0.2, 0.25) is 0 Å². The van der Waals surface area contributed by atoms with Crippen LogP contribution in [0.3, 0.4) is 0 Å². The van der Waals surface area contributed by atoms with Crippen LogP contribution in [0.1, 0.15) is 22.9 Å². The van der Waals surface area contributed by atoms with Gasteiger partial charge in [0.15, 0.2) is 6.17 Å². The van der Waals surface area contributed by atoms with E-state index >= 15 is 0 Å². The van der Waals surface area contributed by atoms with Crippen LogP contribution in [0.15, 0.2) is 153 Å². The monoisotopic (exact) mass is 616 g/mol. The van der Waals surface area contributed by atoms with Crippen molar-refractivity contribution in [1.29, 1.82) is 0 Å². The Balaban J connectivity index is 1.17. The van der Waals surface area contributed by atoms with E-state index < -0.39 is 6.17 Å². The number of amidine groups is 2. The van der Waals surface area contributed by atoms with E-state index in [9.17, 15) is 0 Å². The Bertz CT molecular complexity index is 2890. The Labute approximate surface area is 273 Å². The number of hydrogen-bond acceptors (Lipinski definition) is 6. The molecule has 11 rings (SSSR count). The maximum atomic E-state index is 6.29. The lowest BCUT2D eigenvalue weighted by molar-refractivity contribution is 0.667. The summed E-state index contributed by atoms with van der Waals surface area (Å²) in [6.07, 6.45) is 3.08. The summed E-state index contributed by atoms with van der Waals surface area (Å²) in [7, 11) is 0. The van der Waals surface area contributed by atoms with E-state index in [2.05, 4.69) is 83.1 Å². The van der Waals surface area contributed by atoms with E-state index in [1.54, 1.807) is 6.20 Å². The molecule has 0 radical (unpaired) electrons. The number of fused-ring (bicyclic) bond motifs is 9. The highest BCUT2D eigenvalue weighted by molar-refractivity contribution is 6.25. The van der Waals surface area contributed by atoms with Gasteiger partial charge in [0.1, 0.15) is 34.0 Å². The fourth-order valence-corrected chi connectivity index (χ4v) is 7.71. The lowest BCUT2D eigenvalue weighted by Crippen LogP contribution is -2.36. The summed E-state index contributed by atoms with van der Waals surface area (Å²) in [6, 6.07) is 42.0. The Kier molecular flexibility index (Phi) is 5.07. The summed E-state index contributed by atoms with van der Waals surface area (Å²) in [4.78, 5) is 15.1. The molecule has 0 amide bonds. The molecule has 2 aliphatic rings. The van der Waals surface area contributed by atoms with E-state index in [1.165, 1.54) is 33.0 Å². The van der Waals surface area contributed by atoms with Crippen LogP contribution in [0, 0.1) is 0 Å². The summed E-state index contributed by atoms with van der Waals surface area (Å²) in [5.74, 6) is 1.48. The number of nitrogens with one attached hydrogen (secondary N) is 1. The molecule has 1 unspecified atom stereocenters. The predicted octanol–water partition coefficient (Wildman–Crippen LogP) is 10.2. The van der Waals surface area contributed by atoms with Gasteiger partial charge in [-0.25, -0.2) is 9.98 Å². The highest BCUT2D eigenvalue weighted by atomic mass is 16.3. The highest BCUT2D eigenvalue weighted by Crippen LogP contribution is 2.48. The summed E-state index contributed by atoms with van der Waals surface area (Å²) in [6.45, 7) is 0. The standard InChI is InChI=1S/C42H24N4O2/c1-2-10-26-25(9-1)27-12-5-8-23-20-24(21-31(26)37(23)27)40-44-41(29-13-6-16-35-38(29)28-11-3-4-15-33(28)47-35)46-42(45-40)30-14-7-17-36-39(30)32-22-43-19-18-34(32)48-36/h1-22,41H,(H,44,45,46). The number of rotatable bonds is 3. The van der Waals surface area contributed by atoms with Crippen molar-refractivity contribution >= 4 is 66.3 Å². The quantitative estimate of drug-likeness (QED) is 0.214. The lowest BCUT2D eigenvalue weighted by atomic mass is 9.98. The van der Waals surface area contributed by atoms with Crippen LogP contribution in [0.5, 0.6) is 0 Å². The van der Waals surface area contributed by atoms with E-state index in [0.717, 1.165) is 72.2 Å². The van der Waals surface area contributed by atoms with Gasteiger partial charge in [-0.3, -0.25) is 4.98 Å². The number of para-hydroxylation sites is 1. The van der Waals surface area contributed by atoms with Crippen LogP contribution >= 0.6 is 0 Å². The van der Waals surface area contributed by atoms with Gasteiger partial charge in [-0.15, -0.1) is 0 Å². The van der Waals surface area contributed by atoms with Crippen LogP contribution in [0.4, 0.5) is 0 Å². The second-order valence-electron chi connectivity index (χ2n) is 12.4. The van der Waals surface area contributed by atoms with Gasteiger partial charge in [-0.05, 0) is 69.4 Å². The van der Waals surface area contributed by atoms with Gasteiger partial charge < -0.3 is 14.2 Å². The second kappa shape index (κ2) is 9.50. The molecule has 48 heavy (non-hydrogen) atoms. The van der Waals surface area contributed by atoms with Gasteiger partial charge in [0.05, 0.1) is 0 Å². The van der Waals surface area contributed by atoms with Crippen molar-refractivity contribution < 1.29 is 8.83 Å². The molecule has 4 heterocycles. The minimum Gasteiger partial charge on any atom is -0.456 e. The van der Waals surface area contributed by atoms with Crippen LogP contribution in [-0.4, -0.2) is 16.7 Å². The van der Waals surface area contributed by atoms with Gasteiger partial charge in [-0.1, -0.05) is 84.9 Å². The molecule has 1 aliphatic carbocycles. The van der Waals surface area contributed by atoms with Crippen molar-refractivity contribution in [2.75, 3.05) is 0 Å². The van der Waals surface area contributed by atoms with Crippen molar-refractivity contribution in [2.24, 2.45) is 9.98 Å². The van der Waals surface area contributed by atoms with E-state index in [1.807, 2.05) is 54.7 Å². The summed E-state index contributed by atoms with van der Waals surface area (Å²) in [5, 5.41) is 10.1. The zero-order chi connectivity index (χ0) is 31.3. The first kappa shape index (κ1) is 25.6. The number of hydrogen-bond donors (Lipinski definition) is 1. The maximum absolute atomic E-state index is 6.29. The molecule has 1 atom stereocenters. The molecule has 0 spiro atoms. The van der Waals surface area contributed by atoms with Crippen LogP contribution < -0.4 is 5.32 Å². The summed E-state index contributed by atoms with van der Waals surface area (Å²) < 4.78 is 12.5. The van der Waals surface area contributed by atoms with Gasteiger partial charge in [0, 0.05) is 50.6 Å². The number of benzene rings is 6. The first-order chi connectivity index (χ1) is 23.8. The molecule has 1 aliphatic heterocycles. The number of pyridine rings is 1. The van der Waals surface area contributed by atoms with E-state index in [4.69, 9.17) is 18.8 Å². The Hall–Kier alpha value is -6.53. The molecule has 6 nitrogen and oxygen atoms in total. The zero-order valence-electron chi connectivity index (χ0n) is 25.4. The van der Waals surface area contributed by atoms with Gasteiger partial charge >= 0.3 is 0 Å². The number of furan rings is 2. The van der Waals surface area contributed by atoms with Crippen LogP contribution in [-0.2, 0) is 0 Å². The third-order valence-corrected chi connectivity index (χ3v) is 9.76. The van der Waals surface area contributed by atoms with Gasteiger partial charge in [0.25, 0.3) is 0 Å². The smallest absolute Gasteiger partial charge is 0.170 e. The third-order valence-electron chi connectivity index (χ3n) is 9.76. The van der Waals surface area contributed by atoms with E-state index in [-0.39, 0.29) is 0 Å². The lowest BCUT2D eigenvalue weighted by Gasteiger charge is -2.23.